The summed E-state index contributed by atoms with van der Waals surface area (Å²) in [6, 6.07) is -0.302. The summed E-state index contributed by atoms with van der Waals surface area (Å²) in [4.78, 5) is 6.19. The van der Waals surface area contributed by atoms with E-state index in [1.807, 2.05) is 25.3 Å². The molecule has 0 bridgehead atoms. The summed E-state index contributed by atoms with van der Waals surface area (Å²) >= 11 is 1.44. The quantitative estimate of drug-likeness (QED) is 0.623. The fourth-order valence-electron chi connectivity index (χ4n) is 1.86. The zero-order chi connectivity index (χ0) is 14.6. The molecule has 0 aliphatic carbocycles. The van der Waals surface area contributed by atoms with Crippen LogP contribution in [0.2, 0.25) is 0 Å². The molecule has 0 radical (unpaired) electrons. The minimum absolute atomic E-state index is 0.107. The topological polar surface area (TPSA) is 45.1 Å². The largest absolute Gasteiger partial charge is 0.391 e. The van der Waals surface area contributed by atoms with Crippen LogP contribution in [0.4, 0.5) is 13.2 Å². The highest BCUT2D eigenvalue weighted by Crippen LogP contribution is 2.28. The molecule has 0 amide bonds. The number of nitrogens with zero attached hydrogens (tertiary/aromatic N) is 2. The Morgan fingerprint density at radius 1 is 1.47 bits per heavy atom. The molecule has 4 nitrogen and oxygen atoms in total. The molecule has 0 spiro atoms. The Kier molecular flexibility index (Phi) is 5.94. The molecule has 1 saturated heterocycles. The van der Waals surface area contributed by atoms with E-state index in [0.717, 1.165) is 5.17 Å². The lowest BCUT2D eigenvalue weighted by molar-refractivity contribution is -0.185. The maximum atomic E-state index is 12.3. The molecule has 1 heterocycles. The van der Waals surface area contributed by atoms with Gasteiger partial charge in [-0.2, -0.15) is 13.2 Å². The number of aliphatic imine (C=N–C) groups is 1. The zero-order valence-corrected chi connectivity index (χ0v) is 12.0. The Bertz CT molecular complexity index is 324. The van der Waals surface area contributed by atoms with Gasteiger partial charge in [0.05, 0.1) is 31.3 Å². The van der Waals surface area contributed by atoms with Gasteiger partial charge in [0.15, 0.2) is 5.17 Å². The number of hydrogen-bond donors (Lipinski definition) is 1. The SMILES string of the molecule is CSC(=N[C@H]1COC(CC(F)(F)F)[C@@H](O)C1)N(C)C. The van der Waals surface area contributed by atoms with Crippen LogP contribution >= 0.6 is 11.8 Å². The zero-order valence-electron chi connectivity index (χ0n) is 11.1. The van der Waals surface area contributed by atoms with E-state index < -0.39 is 24.8 Å². The third kappa shape index (κ3) is 5.58. The number of alkyl halides is 3. The number of hydrogen-bond acceptors (Lipinski definition) is 4. The lowest BCUT2D eigenvalue weighted by atomic mass is 10.00. The van der Waals surface area contributed by atoms with Gasteiger partial charge in [0.2, 0.25) is 0 Å². The maximum absolute atomic E-state index is 12.3. The Balaban J connectivity index is 2.58. The first-order valence-corrected chi connectivity index (χ1v) is 7.11. The van der Waals surface area contributed by atoms with E-state index in [4.69, 9.17) is 4.74 Å². The molecule has 1 rings (SSSR count). The van der Waals surface area contributed by atoms with Crippen molar-refractivity contribution in [1.82, 2.24) is 4.90 Å². The smallest absolute Gasteiger partial charge is 0.390 e. The molecule has 19 heavy (non-hydrogen) atoms. The van der Waals surface area contributed by atoms with Gasteiger partial charge in [0, 0.05) is 20.5 Å². The molecule has 0 saturated carbocycles. The number of halogens is 3. The average Bonchev–Trinajstić information content (AvgIpc) is 2.27. The third-order valence-electron chi connectivity index (χ3n) is 2.74. The van der Waals surface area contributed by atoms with Crippen LogP contribution in [0.3, 0.4) is 0 Å². The normalized spacial score (nSPS) is 29.4. The molecular weight excluding hydrogens is 281 g/mol. The van der Waals surface area contributed by atoms with Gasteiger partial charge in [-0.25, -0.2) is 0 Å². The number of thioether (sulfide) groups is 1. The Labute approximate surface area is 115 Å². The molecule has 0 aromatic heterocycles. The van der Waals surface area contributed by atoms with E-state index in [2.05, 4.69) is 4.99 Å². The average molecular weight is 300 g/mol. The molecule has 112 valence electrons. The first-order valence-electron chi connectivity index (χ1n) is 5.88. The van der Waals surface area contributed by atoms with Crippen molar-refractivity contribution in [2.24, 2.45) is 4.99 Å². The Morgan fingerprint density at radius 2 is 2.11 bits per heavy atom. The van der Waals surface area contributed by atoms with Crippen molar-refractivity contribution in [3.05, 3.63) is 0 Å². The van der Waals surface area contributed by atoms with Crippen LogP contribution < -0.4 is 0 Å². The van der Waals surface area contributed by atoms with Crippen molar-refractivity contribution >= 4 is 16.9 Å². The Hall–Kier alpha value is -0.470. The number of ether oxygens (including phenoxy) is 1. The van der Waals surface area contributed by atoms with Crippen LogP contribution in [0.1, 0.15) is 12.8 Å². The predicted octanol–water partition coefficient (Wildman–Crippen LogP) is 1.74. The van der Waals surface area contributed by atoms with Crippen molar-refractivity contribution in [1.29, 1.82) is 0 Å². The second kappa shape index (κ2) is 6.81. The fourth-order valence-corrected chi connectivity index (χ4v) is 2.48. The van der Waals surface area contributed by atoms with Crippen LogP contribution in [-0.2, 0) is 4.74 Å². The fraction of sp³-hybridized carbons (Fsp3) is 0.909. The summed E-state index contributed by atoms with van der Waals surface area (Å²) in [5.41, 5.74) is 0. The predicted molar refractivity (Wildman–Crippen MR) is 69.5 cm³/mol. The van der Waals surface area contributed by atoms with E-state index in [-0.39, 0.29) is 19.1 Å². The van der Waals surface area contributed by atoms with Gasteiger partial charge in [-0.15, -0.1) is 0 Å². The Morgan fingerprint density at radius 3 is 2.53 bits per heavy atom. The van der Waals surface area contributed by atoms with Gasteiger partial charge < -0.3 is 14.7 Å². The number of aliphatic hydroxyl groups excluding tert-OH is 1. The summed E-state index contributed by atoms with van der Waals surface area (Å²) in [7, 11) is 3.67. The van der Waals surface area contributed by atoms with E-state index in [1.165, 1.54) is 11.8 Å². The second-order valence-electron chi connectivity index (χ2n) is 4.66. The lowest BCUT2D eigenvalue weighted by Gasteiger charge is -2.32. The van der Waals surface area contributed by atoms with Crippen LogP contribution in [0.15, 0.2) is 4.99 Å². The van der Waals surface area contributed by atoms with Gasteiger partial charge in [0.1, 0.15) is 0 Å². The first-order chi connectivity index (χ1) is 8.73. The lowest BCUT2D eigenvalue weighted by Crippen LogP contribution is -2.43. The van der Waals surface area contributed by atoms with Crippen molar-refractivity contribution in [2.75, 3.05) is 27.0 Å². The van der Waals surface area contributed by atoms with Crippen LogP contribution in [0, 0.1) is 0 Å². The third-order valence-corrected chi connectivity index (χ3v) is 3.57. The van der Waals surface area contributed by atoms with E-state index >= 15 is 0 Å². The molecular formula is C11H19F3N2O2S. The van der Waals surface area contributed by atoms with Crippen molar-refractivity contribution in [2.45, 2.75) is 37.3 Å². The molecule has 1 aliphatic heterocycles. The first kappa shape index (κ1) is 16.6. The minimum Gasteiger partial charge on any atom is -0.390 e. The van der Waals surface area contributed by atoms with E-state index in [0.29, 0.717) is 0 Å². The summed E-state index contributed by atoms with van der Waals surface area (Å²) < 4.78 is 41.9. The highest BCUT2D eigenvalue weighted by Gasteiger charge is 2.39. The monoisotopic (exact) mass is 300 g/mol. The van der Waals surface area contributed by atoms with Crippen molar-refractivity contribution < 1.29 is 23.0 Å². The summed E-state index contributed by atoms with van der Waals surface area (Å²) in [6.45, 7) is 0.107. The molecule has 1 unspecified atom stereocenters. The molecule has 8 heteroatoms. The molecule has 1 aliphatic rings. The van der Waals surface area contributed by atoms with Crippen LogP contribution in [0.5, 0.6) is 0 Å². The number of amidine groups is 1. The molecule has 3 atom stereocenters. The van der Waals surface area contributed by atoms with Crippen molar-refractivity contribution in [3.63, 3.8) is 0 Å². The summed E-state index contributed by atoms with van der Waals surface area (Å²) in [5, 5.41) is 10.5. The van der Waals surface area contributed by atoms with E-state index in [1.54, 1.807) is 0 Å². The number of aliphatic hydroxyl groups is 1. The molecule has 0 aromatic carbocycles. The highest BCUT2D eigenvalue weighted by atomic mass is 32.2. The second-order valence-corrected chi connectivity index (χ2v) is 5.43. The van der Waals surface area contributed by atoms with Crippen LogP contribution in [-0.4, -0.2) is 66.6 Å². The molecule has 1 fully saturated rings. The summed E-state index contributed by atoms with van der Waals surface area (Å²) in [6.07, 6.45) is -5.69. The summed E-state index contributed by atoms with van der Waals surface area (Å²) in [5.74, 6) is 0. The van der Waals surface area contributed by atoms with Gasteiger partial charge >= 0.3 is 6.18 Å². The van der Waals surface area contributed by atoms with Crippen molar-refractivity contribution in [3.8, 4) is 0 Å². The van der Waals surface area contributed by atoms with Gasteiger partial charge in [0.25, 0.3) is 0 Å². The van der Waals surface area contributed by atoms with Gasteiger partial charge in [-0.3, -0.25) is 4.99 Å². The standard InChI is InChI=1S/C11H19F3N2O2S/c1-16(2)10(19-3)15-7-4-8(17)9(18-6-7)5-11(12,13)14/h7-9,17H,4-6H2,1-3H3/t7-,8+,9?/m1/s1. The van der Waals surface area contributed by atoms with E-state index in [9.17, 15) is 18.3 Å². The highest BCUT2D eigenvalue weighted by molar-refractivity contribution is 8.13. The number of rotatable bonds is 2. The molecule has 0 aromatic rings. The molecule has 1 N–H and O–H groups in total. The van der Waals surface area contributed by atoms with Crippen LogP contribution in [0.25, 0.3) is 0 Å². The van der Waals surface area contributed by atoms with Gasteiger partial charge in [-0.1, -0.05) is 11.8 Å². The maximum Gasteiger partial charge on any atom is 0.391 e. The van der Waals surface area contributed by atoms with Gasteiger partial charge in [-0.05, 0) is 6.26 Å². The minimum atomic E-state index is -4.32.